The van der Waals surface area contributed by atoms with Crippen LogP contribution in [0, 0.1) is 15.2 Å². The highest BCUT2D eigenvalue weighted by atomic mass is 127. The third kappa shape index (κ3) is 1.88. The normalized spacial score (nSPS) is 10.8. The molecule has 0 aliphatic carbocycles. The predicted octanol–water partition coefficient (Wildman–Crippen LogP) is 3.51. The van der Waals surface area contributed by atoms with Crippen molar-refractivity contribution in [2.75, 3.05) is 0 Å². The summed E-state index contributed by atoms with van der Waals surface area (Å²) in [6, 6.07) is 1.73. The largest absolute Gasteiger partial charge is 0.269 e. The second kappa shape index (κ2) is 3.59. The van der Waals surface area contributed by atoms with E-state index in [1.54, 1.807) is 22.6 Å². The van der Waals surface area contributed by atoms with Crippen LogP contribution in [0.4, 0.5) is 17.6 Å². The van der Waals surface area contributed by atoms with Gasteiger partial charge in [0, 0.05) is 3.57 Å². The average molecular weight is 290 g/mol. The molecule has 12 heavy (non-hydrogen) atoms. The molecule has 0 heterocycles. The van der Waals surface area contributed by atoms with Gasteiger partial charge in [0.15, 0.2) is 0 Å². The monoisotopic (exact) mass is 290 g/mol. The highest BCUT2D eigenvalue weighted by Gasteiger charge is 2.19. The second-order valence-corrected chi connectivity index (χ2v) is 3.33. The fourth-order valence-corrected chi connectivity index (χ4v) is 1.31. The van der Waals surface area contributed by atoms with E-state index in [9.17, 15) is 17.6 Å². The van der Waals surface area contributed by atoms with E-state index in [-0.39, 0.29) is 3.57 Å². The SMILES string of the molecule is Fc1cc(I)cc(F)c1C(F)F. The Morgan fingerprint density at radius 3 is 1.83 bits per heavy atom. The molecule has 0 aliphatic heterocycles. The Morgan fingerprint density at radius 1 is 1.08 bits per heavy atom. The van der Waals surface area contributed by atoms with Crippen molar-refractivity contribution >= 4 is 22.6 Å². The highest BCUT2D eigenvalue weighted by Crippen LogP contribution is 2.26. The van der Waals surface area contributed by atoms with E-state index in [0.29, 0.717) is 0 Å². The highest BCUT2D eigenvalue weighted by molar-refractivity contribution is 14.1. The fourth-order valence-electron chi connectivity index (χ4n) is 0.762. The quantitative estimate of drug-likeness (QED) is 0.548. The molecule has 0 unspecified atom stereocenters. The minimum absolute atomic E-state index is 0.256. The molecule has 0 fully saturated rings. The van der Waals surface area contributed by atoms with E-state index < -0.39 is 23.6 Å². The number of alkyl halides is 2. The molecule has 66 valence electrons. The molecule has 0 aliphatic rings. The molecule has 5 heteroatoms. The lowest BCUT2D eigenvalue weighted by Crippen LogP contribution is -1.96. The summed E-state index contributed by atoms with van der Waals surface area (Å²) in [5.74, 6) is -2.40. The topological polar surface area (TPSA) is 0 Å². The van der Waals surface area contributed by atoms with Crippen LogP contribution in [0.5, 0.6) is 0 Å². The Bertz CT molecular complexity index is 274. The maximum atomic E-state index is 12.6. The number of rotatable bonds is 1. The first kappa shape index (κ1) is 9.76. The molecule has 0 amide bonds. The summed E-state index contributed by atoms with van der Waals surface area (Å²) in [6.45, 7) is 0. The van der Waals surface area contributed by atoms with Gasteiger partial charge in [0.2, 0.25) is 0 Å². The summed E-state index contributed by atoms with van der Waals surface area (Å²) in [7, 11) is 0. The van der Waals surface area contributed by atoms with Gasteiger partial charge in [0.05, 0.1) is 5.56 Å². The van der Waals surface area contributed by atoms with Gasteiger partial charge in [-0.3, -0.25) is 0 Å². The van der Waals surface area contributed by atoms with Crippen LogP contribution in [0.15, 0.2) is 12.1 Å². The summed E-state index contributed by atoms with van der Waals surface area (Å²) in [6.07, 6.45) is -3.11. The molecule has 1 aromatic carbocycles. The smallest absolute Gasteiger partial charge is 0.206 e. The first-order valence-corrected chi connectivity index (χ1v) is 4.03. The first-order valence-electron chi connectivity index (χ1n) is 2.95. The van der Waals surface area contributed by atoms with Crippen molar-refractivity contribution < 1.29 is 17.6 Å². The molecule has 0 saturated carbocycles. The van der Waals surface area contributed by atoms with Gasteiger partial charge < -0.3 is 0 Å². The maximum absolute atomic E-state index is 12.6. The van der Waals surface area contributed by atoms with Crippen LogP contribution < -0.4 is 0 Å². The van der Waals surface area contributed by atoms with Gasteiger partial charge in [0.1, 0.15) is 11.6 Å². The van der Waals surface area contributed by atoms with Crippen LogP contribution in [-0.4, -0.2) is 0 Å². The van der Waals surface area contributed by atoms with Crippen molar-refractivity contribution in [3.63, 3.8) is 0 Å². The molecule has 0 bridgehead atoms. The zero-order chi connectivity index (χ0) is 9.30. The number of hydrogen-bond acceptors (Lipinski definition) is 0. The summed E-state index contributed by atoms with van der Waals surface area (Å²) >= 11 is 1.65. The van der Waals surface area contributed by atoms with Crippen molar-refractivity contribution in [1.82, 2.24) is 0 Å². The van der Waals surface area contributed by atoms with Crippen molar-refractivity contribution in [2.24, 2.45) is 0 Å². The molecule has 0 nitrogen and oxygen atoms in total. The van der Waals surface area contributed by atoms with Gasteiger partial charge in [-0.2, -0.15) is 0 Å². The zero-order valence-corrected chi connectivity index (χ0v) is 7.78. The van der Waals surface area contributed by atoms with Gasteiger partial charge in [0.25, 0.3) is 6.43 Å². The molecular formula is C7H3F4I. The lowest BCUT2D eigenvalue weighted by Gasteiger charge is -2.03. The van der Waals surface area contributed by atoms with Crippen LogP contribution in [0.3, 0.4) is 0 Å². The predicted molar refractivity (Wildman–Crippen MR) is 44.0 cm³/mol. The van der Waals surface area contributed by atoms with Gasteiger partial charge in [-0.25, -0.2) is 17.6 Å². The van der Waals surface area contributed by atoms with Crippen LogP contribution >= 0.6 is 22.6 Å². The lowest BCUT2D eigenvalue weighted by molar-refractivity contribution is 0.141. The average Bonchev–Trinajstić information content (AvgIpc) is 1.82. The Morgan fingerprint density at radius 2 is 1.50 bits per heavy atom. The standard InChI is InChI=1S/C7H3F4I/c8-4-1-3(12)2-5(9)6(4)7(10)11/h1-2,7H. The third-order valence-corrected chi connectivity index (χ3v) is 1.88. The summed E-state index contributed by atoms with van der Waals surface area (Å²) in [5.41, 5.74) is -1.16. The second-order valence-electron chi connectivity index (χ2n) is 2.08. The van der Waals surface area contributed by atoms with E-state index in [1.807, 2.05) is 0 Å². The number of hydrogen-bond donors (Lipinski definition) is 0. The van der Waals surface area contributed by atoms with Crippen LogP contribution in [0.1, 0.15) is 12.0 Å². The number of benzene rings is 1. The minimum Gasteiger partial charge on any atom is -0.206 e. The first-order chi connectivity index (χ1) is 5.52. The van der Waals surface area contributed by atoms with Gasteiger partial charge >= 0.3 is 0 Å². The van der Waals surface area contributed by atoms with Crippen molar-refractivity contribution in [3.05, 3.63) is 32.9 Å². The van der Waals surface area contributed by atoms with E-state index in [0.717, 1.165) is 12.1 Å². The molecule has 0 spiro atoms. The Labute approximate surface area is 79.7 Å². The van der Waals surface area contributed by atoms with E-state index in [1.165, 1.54) is 0 Å². The van der Waals surface area contributed by atoms with Crippen LogP contribution in [-0.2, 0) is 0 Å². The molecule has 1 rings (SSSR count). The van der Waals surface area contributed by atoms with E-state index in [2.05, 4.69) is 0 Å². The molecule has 0 radical (unpaired) electrons. The number of halogens is 5. The summed E-state index contributed by atoms with van der Waals surface area (Å²) in [5, 5.41) is 0. The van der Waals surface area contributed by atoms with Gasteiger partial charge in [-0.15, -0.1) is 0 Å². The van der Waals surface area contributed by atoms with Crippen LogP contribution in [0.2, 0.25) is 0 Å². The summed E-state index contributed by atoms with van der Waals surface area (Å²) < 4.78 is 49.4. The van der Waals surface area contributed by atoms with Crippen LogP contribution in [0.25, 0.3) is 0 Å². The molecule has 1 aromatic rings. The minimum atomic E-state index is -3.11. The Kier molecular flexibility index (Phi) is 2.92. The van der Waals surface area contributed by atoms with Gasteiger partial charge in [-0.1, -0.05) is 0 Å². The third-order valence-electron chi connectivity index (χ3n) is 1.26. The van der Waals surface area contributed by atoms with Crippen molar-refractivity contribution in [1.29, 1.82) is 0 Å². The Balaban J connectivity index is 3.28. The van der Waals surface area contributed by atoms with E-state index in [4.69, 9.17) is 0 Å². The summed E-state index contributed by atoms with van der Waals surface area (Å²) in [4.78, 5) is 0. The Hall–Kier alpha value is -0.330. The zero-order valence-electron chi connectivity index (χ0n) is 5.62. The molecule has 0 N–H and O–H groups in total. The van der Waals surface area contributed by atoms with Crippen molar-refractivity contribution in [3.8, 4) is 0 Å². The fraction of sp³-hybridized carbons (Fsp3) is 0.143. The van der Waals surface area contributed by atoms with E-state index >= 15 is 0 Å². The molecule has 0 saturated heterocycles. The molecular weight excluding hydrogens is 287 g/mol. The lowest BCUT2D eigenvalue weighted by atomic mass is 10.2. The maximum Gasteiger partial charge on any atom is 0.269 e. The molecule has 0 atom stereocenters. The molecule has 0 aromatic heterocycles. The van der Waals surface area contributed by atoms with Gasteiger partial charge in [-0.05, 0) is 34.7 Å². The van der Waals surface area contributed by atoms with Crippen molar-refractivity contribution in [2.45, 2.75) is 6.43 Å².